The average Bonchev–Trinajstić information content (AvgIpc) is 3.49. The fourth-order valence-corrected chi connectivity index (χ4v) is 8.76. The minimum absolute atomic E-state index is 0.00829. The Morgan fingerprint density at radius 3 is 1.76 bits per heavy atom. The van der Waals surface area contributed by atoms with Gasteiger partial charge in [0.15, 0.2) is 53.0 Å². The van der Waals surface area contributed by atoms with Gasteiger partial charge in [-0.3, -0.25) is 0 Å². The Morgan fingerprint density at radius 1 is 0.595 bits per heavy atom. The van der Waals surface area contributed by atoms with Crippen LogP contribution in [-0.4, -0.2) is 211 Å². The molecule has 4 heterocycles. The number of phenols is 3. The normalized spacial score (nSPS) is 31.8. The number of benzene rings is 3. The van der Waals surface area contributed by atoms with Gasteiger partial charge in [0.1, 0.15) is 91.0 Å². The van der Waals surface area contributed by atoms with Crippen LogP contribution in [0.3, 0.4) is 0 Å². The molecule has 0 aromatic heterocycles. The maximum absolute atomic E-state index is 13.4. The lowest BCUT2D eigenvalue weighted by atomic mass is 9.95. The van der Waals surface area contributed by atoms with Crippen molar-refractivity contribution < 1.29 is 128 Å². The molecule has 26 nitrogen and oxygen atoms in total. The number of esters is 2. The van der Waals surface area contributed by atoms with E-state index in [1.165, 1.54) is 99.2 Å². The molecule has 426 valence electrons. The summed E-state index contributed by atoms with van der Waals surface area (Å²) in [7, 11) is 2.64. The van der Waals surface area contributed by atoms with Crippen molar-refractivity contribution >= 4 is 29.8 Å². The maximum Gasteiger partial charge on any atom is 0.331 e. The molecule has 3 aromatic rings. The molecule has 0 radical (unpaired) electrons. The van der Waals surface area contributed by atoms with E-state index in [1.54, 1.807) is 0 Å². The lowest BCUT2D eigenvalue weighted by Gasteiger charge is -2.46. The maximum atomic E-state index is 13.4. The van der Waals surface area contributed by atoms with Gasteiger partial charge < -0.3 is 118 Å². The molecule has 3 aromatic carbocycles. The SMILES string of the molecule is COc1cc(/C=C/C(=O)OC[C@H]2O[C@@H](OC3=C(c4ccc(O)cc4)OC4C=C(O)C=C(O[C@@H]5O[C@H](CO)[C@@H](O)[C@H](O)[C@H]5O)C4=C3)[C@H](O[C@@H]3O[C@H](CO)[C@@H](O)[C@H](O)[C@H]3OC(=O)/C=C/c3ccc(O)c(OC)c3)[C@@H](O)[C@@H]2O)ccc1O. The number of hydrogen-bond acceptors (Lipinski definition) is 26. The van der Waals surface area contributed by atoms with Crippen molar-refractivity contribution in [3.8, 4) is 28.7 Å². The van der Waals surface area contributed by atoms with Crippen molar-refractivity contribution in [1.29, 1.82) is 0 Å². The molecule has 3 fully saturated rings. The molecule has 1 aliphatic carbocycles. The quantitative estimate of drug-likeness (QED) is 0.0544. The third-order valence-electron chi connectivity index (χ3n) is 13.0. The molecule has 16 atom stereocenters. The van der Waals surface area contributed by atoms with E-state index in [1.807, 2.05) is 0 Å². The fourth-order valence-electron chi connectivity index (χ4n) is 8.76. The van der Waals surface area contributed by atoms with Crippen LogP contribution >= 0.6 is 0 Å². The van der Waals surface area contributed by atoms with Gasteiger partial charge in [-0.25, -0.2) is 9.59 Å². The Morgan fingerprint density at radius 2 is 1.15 bits per heavy atom. The Hall–Kier alpha value is -7.28. The molecule has 0 saturated carbocycles. The van der Waals surface area contributed by atoms with Gasteiger partial charge in [0, 0.05) is 35.4 Å². The van der Waals surface area contributed by atoms with Gasteiger partial charge in [0.2, 0.25) is 12.6 Å². The number of aliphatic hydroxyl groups excluding tert-OH is 10. The lowest BCUT2D eigenvalue weighted by molar-refractivity contribution is -0.363. The van der Waals surface area contributed by atoms with Gasteiger partial charge in [0.25, 0.3) is 0 Å². The average molecular weight is 1110 g/mol. The van der Waals surface area contributed by atoms with E-state index >= 15 is 0 Å². The molecule has 0 spiro atoms. The molecular formula is C53H58O26. The van der Waals surface area contributed by atoms with Gasteiger partial charge in [-0.1, -0.05) is 12.1 Å². The van der Waals surface area contributed by atoms with Crippen LogP contribution in [0.4, 0.5) is 0 Å². The van der Waals surface area contributed by atoms with E-state index in [4.69, 9.17) is 52.1 Å². The van der Waals surface area contributed by atoms with E-state index < -0.39 is 136 Å². The monoisotopic (exact) mass is 1110 g/mol. The summed E-state index contributed by atoms with van der Waals surface area (Å²) in [4.78, 5) is 26.5. The molecular weight excluding hydrogens is 1050 g/mol. The highest BCUT2D eigenvalue weighted by Crippen LogP contribution is 2.41. The first kappa shape index (κ1) is 57.9. The molecule has 8 rings (SSSR count). The molecule has 13 N–H and O–H groups in total. The minimum atomic E-state index is -2.15. The second kappa shape index (κ2) is 25.2. The third-order valence-corrected chi connectivity index (χ3v) is 13.0. The zero-order valence-electron chi connectivity index (χ0n) is 41.8. The van der Waals surface area contributed by atoms with Crippen molar-refractivity contribution in [2.45, 2.75) is 98.2 Å². The highest BCUT2D eigenvalue weighted by molar-refractivity contribution is 5.88. The largest absolute Gasteiger partial charge is 0.508 e. The van der Waals surface area contributed by atoms with Gasteiger partial charge in [-0.2, -0.15) is 0 Å². The Bertz CT molecular complexity index is 2840. The third kappa shape index (κ3) is 13.1. The Balaban J connectivity index is 1.14. The molecule has 0 bridgehead atoms. The smallest absolute Gasteiger partial charge is 0.331 e. The lowest BCUT2D eigenvalue weighted by Crippen LogP contribution is -2.65. The van der Waals surface area contributed by atoms with E-state index in [9.17, 15) is 76.0 Å². The summed E-state index contributed by atoms with van der Waals surface area (Å²) in [6.45, 7) is -2.52. The van der Waals surface area contributed by atoms with Gasteiger partial charge in [-0.15, -0.1) is 0 Å². The van der Waals surface area contributed by atoms with Crippen molar-refractivity contribution in [2.75, 3.05) is 34.0 Å². The van der Waals surface area contributed by atoms with E-state index in [2.05, 4.69) is 0 Å². The van der Waals surface area contributed by atoms with Crippen LogP contribution in [0.25, 0.3) is 17.9 Å². The topological polar surface area (TPSA) is 399 Å². The number of allylic oxidation sites excluding steroid dienone is 2. The van der Waals surface area contributed by atoms with Crippen LogP contribution < -0.4 is 9.47 Å². The number of carbonyl (C=O) groups is 2. The molecule has 79 heavy (non-hydrogen) atoms. The van der Waals surface area contributed by atoms with Gasteiger partial charge >= 0.3 is 11.9 Å². The van der Waals surface area contributed by atoms with Crippen molar-refractivity contribution in [3.63, 3.8) is 0 Å². The number of phenolic OH excluding ortho intramolecular Hbond substituents is 3. The van der Waals surface area contributed by atoms with Crippen LogP contribution in [0, 0.1) is 0 Å². The van der Waals surface area contributed by atoms with Crippen LogP contribution in [0.1, 0.15) is 16.7 Å². The van der Waals surface area contributed by atoms with Gasteiger partial charge in [-0.05, 0) is 77.9 Å². The van der Waals surface area contributed by atoms with E-state index in [0.29, 0.717) is 11.1 Å². The van der Waals surface area contributed by atoms with Crippen molar-refractivity contribution in [1.82, 2.24) is 0 Å². The summed E-state index contributed by atoms with van der Waals surface area (Å²) in [5.41, 5.74) is 0.971. The molecule has 0 amide bonds. The predicted octanol–water partition coefficient (Wildman–Crippen LogP) is -0.860. The minimum Gasteiger partial charge on any atom is -0.508 e. The van der Waals surface area contributed by atoms with Crippen LogP contribution in [-0.2, 0) is 52.2 Å². The number of hydrogen-bond donors (Lipinski definition) is 13. The number of carbonyl (C=O) groups excluding carboxylic acids is 2. The summed E-state index contributed by atoms with van der Waals surface area (Å²) >= 11 is 0. The fraction of sp³-hybridized carbons (Fsp3) is 0.396. The summed E-state index contributed by atoms with van der Waals surface area (Å²) in [6, 6.07) is 13.8. The Labute approximate surface area is 448 Å². The summed E-state index contributed by atoms with van der Waals surface area (Å²) in [6.07, 6.45) is -21.3. The van der Waals surface area contributed by atoms with E-state index in [0.717, 1.165) is 18.2 Å². The van der Waals surface area contributed by atoms with Crippen LogP contribution in [0.2, 0.25) is 0 Å². The summed E-state index contributed by atoms with van der Waals surface area (Å²) in [5.74, 6) is -3.66. The number of ether oxygens (including phenoxy) is 11. The molecule has 26 heteroatoms. The van der Waals surface area contributed by atoms with Crippen LogP contribution in [0.5, 0.6) is 28.7 Å². The van der Waals surface area contributed by atoms with Crippen molar-refractivity contribution in [2.24, 2.45) is 0 Å². The number of rotatable bonds is 18. The van der Waals surface area contributed by atoms with Crippen molar-refractivity contribution in [3.05, 3.63) is 131 Å². The predicted molar refractivity (Wildman–Crippen MR) is 264 cm³/mol. The van der Waals surface area contributed by atoms with Crippen LogP contribution in [0.15, 0.2) is 114 Å². The second-order valence-corrected chi connectivity index (χ2v) is 18.3. The first-order valence-electron chi connectivity index (χ1n) is 24.3. The number of aliphatic hydroxyl groups is 10. The Kier molecular flexibility index (Phi) is 18.5. The molecule has 4 aliphatic heterocycles. The van der Waals surface area contributed by atoms with E-state index in [-0.39, 0.29) is 57.2 Å². The number of methoxy groups -OCH3 is 2. The first-order chi connectivity index (χ1) is 37.8. The number of aromatic hydroxyl groups is 3. The molecule has 1 unspecified atom stereocenters. The summed E-state index contributed by atoms with van der Waals surface area (Å²) in [5, 5.41) is 139. The first-order valence-corrected chi connectivity index (χ1v) is 24.3. The standard InChI is InChI=1S/C53H58O26/c1-69-33-15-23(3-11-29(33)58)5-13-39(60)71-22-38-43(64)46(67)50(79-53-49(45(66)42(63)37(21-55)76-53)78-40(61)14-6-24-4-12-30(59)34(16-24)70-2)52(77-38)74-35-19-28-31(72-48(35)25-7-9-26(56)10-8-25)17-27(57)18-32(28)73-51-47(68)44(65)41(62)36(20-54)75-51/h3-19,31,36-38,41-47,49-59,62-68H,20-22H2,1-2H3/b13-5+,14-6+/t31?,36-,37-,38-,41-,42-,43-,44+,45+,46+,47-,49-,50-,51-,52-,53+/m1/s1. The number of fused-ring (bicyclic) bond motifs is 1. The summed E-state index contributed by atoms with van der Waals surface area (Å²) < 4.78 is 63.9. The zero-order valence-corrected chi connectivity index (χ0v) is 41.8. The zero-order chi connectivity index (χ0) is 56.8. The highest BCUT2D eigenvalue weighted by Gasteiger charge is 2.54. The van der Waals surface area contributed by atoms with Gasteiger partial charge in [0.05, 0.1) is 27.4 Å². The highest BCUT2D eigenvalue weighted by atomic mass is 16.8. The second-order valence-electron chi connectivity index (χ2n) is 18.3. The molecule has 3 saturated heterocycles. The molecule has 5 aliphatic rings.